The molecule has 0 aromatic carbocycles. The monoisotopic (exact) mass is 265 g/mol. The van der Waals surface area contributed by atoms with Gasteiger partial charge in [-0.3, -0.25) is 0 Å². The van der Waals surface area contributed by atoms with Crippen molar-refractivity contribution in [2.24, 2.45) is 11.8 Å². The smallest absolute Gasteiger partial charge is 0.0438 e. The van der Waals surface area contributed by atoms with Gasteiger partial charge in [0.25, 0.3) is 0 Å². The van der Waals surface area contributed by atoms with Gasteiger partial charge in [0.05, 0.1) is 0 Å². The van der Waals surface area contributed by atoms with E-state index < -0.39 is 0 Å². The lowest BCUT2D eigenvalue weighted by Gasteiger charge is -2.21. The van der Waals surface area contributed by atoms with Crippen LogP contribution in [0, 0.1) is 11.8 Å². The zero-order valence-corrected chi connectivity index (χ0v) is 12.6. The molecule has 0 aliphatic heterocycles. The molecule has 0 bridgehead atoms. The molecule has 2 rings (SSSR count). The summed E-state index contributed by atoms with van der Waals surface area (Å²) in [7, 11) is 0. The molecule has 1 nitrogen and oxygen atoms in total. The third-order valence-corrected chi connectivity index (χ3v) is 5.10. The summed E-state index contributed by atoms with van der Waals surface area (Å²) in [6.07, 6.45) is 8.70. The first-order valence-corrected chi connectivity index (χ1v) is 8.42. The maximum atomic E-state index is 3.76. The fourth-order valence-corrected chi connectivity index (χ4v) is 4.05. The quantitative estimate of drug-likeness (QED) is 0.684. The average Bonchev–Trinajstić information content (AvgIpc) is 3.00. The highest BCUT2D eigenvalue weighted by molar-refractivity contribution is 7.10. The number of hydrogen-bond donors (Lipinski definition) is 1. The molecule has 1 atom stereocenters. The van der Waals surface area contributed by atoms with Crippen molar-refractivity contribution in [1.29, 1.82) is 0 Å². The molecule has 18 heavy (non-hydrogen) atoms. The molecular formula is C16H27NS. The van der Waals surface area contributed by atoms with Crippen molar-refractivity contribution in [3.63, 3.8) is 0 Å². The van der Waals surface area contributed by atoms with E-state index in [0.717, 1.165) is 5.92 Å². The topological polar surface area (TPSA) is 12.0 Å². The molecule has 1 aromatic heterocycles. The lowest BCUT2D eigenvalue weighted by Crippen LogP contribution is -2.26. The fraction of sp³-hybridized carbons (Fsp3) is 0.750. The molecule has 0 saturated heterocycles. The van der Waals surface area contributed by atoms with Gasteiger partial charge in [0.1, 0.15) is 0 Å². The minimum absolute atomic E-state index is 0.550. The Bertz CT molecular complexity index is 312. The Balaban J connectivity index is 1.69. The van der Waals surface area contributed by atoms with E-state index in [9.17, 15) is 0 Å². The van der Waals surface area contributed by atoms with Gasteiger partial charge in [-0.1, -0.05) is 45.6 Å². The van der Waals surface area contributed by atoms with Crippen LogP contribution in [0.15, 0.2) is 17.5 Å². The van der Waals surface area contributed by atoms with Crippen LogP contribution < -0.4 is 5.32 Å². The zero-order valence-electron chi connectivity index (χ0n) is 11.8. The second-order valence-corrected chi connectivity index (χ2v) is 6.96. The second-order valence-electron chi connectivity index (χ2n) is 5.98. The Morgan fingerprint density at radius 2 is 2.11 bits per heavy atom. The van der Waals surface area contributed by atoms with Crippen molar-refractivity contribution >= 4 is 11.3 Å². The number of rotatable bonds is 7. The maximum Gasteiger partial charge on any atom is 0.0438 e. The SMILES string of the molecule is CC(C)C(NCCCC1CCCC1)c1cccs1. The molecule has 0 amide bonds. The third kappa shape index (κ3) is 4.10. The Morgan fingerprint density at radius 1 is 1.33 bits per heavy atom. The van der Waals surface area contributed by atoms with Crippen molar-refractivity contribution < 1.29 is 0 Å². The highest BCUT2D eigenvalue weighted by atomic mass is 32.1. The van der Waals surface area contributed by atoms with Gasteiger partial charge in [-0.15, -0.1) is 11.3 Å². The van der Waals surface area contributed by atoms with Crippen molar-refractivity contribution in [1.82, 2.24) is 5.32 Å². The van der Waals surface area contributed by atoms with Crippen LogP contribution in [0.1, 0.15) is 63.3 Å². The molecule has 1 unspecified atom stereocenters. The lowest BCUT2D eigenvalue weighted by atomic mass is 10.0. The van der Waals surface area contributed by atoms with Crippen LogP contribution >= 0.6 is 11.3 Å². The van der Waals surface area contributed by atoms with Crippen molar-refractivity contribution in [3.8, 4) is 0 Å². The summed E-state index contributed by atoms with van der Waals surface area (Å²) in [6.45, 7) is 5.81. The van der Waals surface area contributed by atoms with Crippen LogP contribution in [0.4, 0.5) is 0 Å². The van der Waals surface area contributed by atoms with E-state index in [1.165, 1.54) is 49.9 Å². The summed E-state index contributed by atoms with van der Waals surface area (Å²) >= 11 is 1.88. The highest BCUT2D eigenvalue weighted by Gasteiger charge is 2.17. The average molecular weight is 265 g/mol. The molecule has 1 aliphatic rings. The molecule has 1 aliphatic carbocycles. The molecule has 1 fully saturated rings. The zero-order chi connectivity index (χ0) is 12.8. The fourth-order valence-electron chi connectivity index (χ4n) is 3.08. The number of thiophene rings is 1. The van der Waals surface area contributed by atoms with E-state index in [2.05, 4.69) is 36.7 Å². The van der Waals surface area contributed by atoms with Gasteiger partial charge >= 0.3 is 0 Å². The van der Waals surface area contributed by atoms with Gasteiger partial charge < -0.3 is 5.32 Å². The number of nitrogens with one attached hydrogen (secondary N) is 1. The van der Waals surface area contributed by atoms with Crippen molar-refractivity contribution in [2.75, 3.05) is 6.54 Å². The lowest BCUT2D eigenvalue weighted by molar-refractivity contribution is 0.395. The minimum atomic E-state index is 0.550. The van der Waals surface area contributed by atoms with Crippen LogP contribution in [-0.2, 0) is 0 Å². The molecule has 2 heteroatoms. The Hall–Kier alpha value is -0.340. The predicted octanol–water partition coefficient (Wildman–Crippen LogP) is 5.01. The van der Waals surface area contributed by atoms with E-state index in [-0.39, 0.29) is 0 Å². The summed E-state index contributed by atoms with van der Waals surface area (Å²) in [6, 6.07) is 4.98. The molecule has 0 spiro atoms. The van der Waals surface area contributed by atoms with Crippen LogP contribution in [-0.4, -0.2) is 6.54 Å². The van der Waals surface area contributed by atoms with E-state index >= 15 is 0 Å². The Labute approximate surface area is 116 Å². The van der Waals surface area contributed by atoms with Gasteiger partial charge in [0.15, 0.2) is 0 Å². The predicted molar refractivity (Wildman–Crippen MR) is 81.1 cm³/mol. The van der Waals surface area contributed by atoms with Crippen molar-refractivity contribution in [3.05, 3.63) is 22.4 Å². The van der Waals surface area contributed by atoms with E-state index in [1.54, 1.807) is 0 Å². The minimum Gasteiger partial charge on any atom is -0.309 e. The summed E-state index contributed by atoms with van der Waals surface area (Å²) in [5.74, 6) is 1.71. The molecular weight excluding hydrogens is 238 g/mol. The van der Waals surface area contributed by atoms with Crippen LogP contribution in [0.3, 0.4) is 0 Å². The van der Waals surface area contributed by atoms with Gasteiger partial charge in [0.2, 0.25) is 0 Å². The molecule has 102 valence electrons. The van der Waals surface area contributed by atoms with Crippen LogP contribution in [0.25, 0.3) is 0 Å². The molecule has 1 aromatic rings. The molecule has 0 radical (unpaired) electrons. The molecule has 1 N–H and O–H groups in total. The summed E-state index contributed by atoms with van der Waals surface area (Å²) < 4.78 is 0. The molecule has 1 saturated carbocycles. The summed E-state index contributed by atoms with van der Waals surface area (Å²) in [5, 5.41) is 5.94. The van der Waals surface area contributed by atoms with Gasteiger partial charge in [-0.2, -0.15) is 0 Å². The second kappa shape index (κ2) is 7.30. The Kier molecular flexibility index (Phi) is 5.71. The normalized spacial score (nSPS) is 18.6. The first kappa shape index (κ1) is 14.1. The van der Waals surface area contributed by atoms with Gasteiger partial charge in [-0.25, -0.2) is 0 Å². The Morgan fingerprint density at radius 3 is 2.72 bits per heavy atom. The van der Waals surface area contributed by atoms with Crippen molar-refractivity contribution in [2.45, 2.75) is 58.4 Å². The first-order chi connectivity index (χ1) is 8.77. The standard InChI is InChI=1S/C16H27NS/c1-13(2)16(15-10-6-12-18-15)17-11-5-9-14-7-3-4-8-14/h6,10,12-14,16-17H,3-5,7-9,11H2,1-2H3. The summed E-state index contributed by atoms with van der Waals surface area (Å²) in [5.41, 5.74) is 0. The van der Waals surface area contributed by atoms with E-state index in [4.69, 9.17) is 0 Å². The summed E-state index contributed by atoms with van der Waals surface area (Å²) in [4.78, 5) is 1.49. The first-order valence-electron chi connectivity index (χ1n) is 7.54. The van der Waals surface area contributed by atoms with E-state index in [1.807, 2.05) is 11.3 Å². The van der Waals surface area contributed by atoms with Gasteiger partial charge in [0, 0.05) is 10.9 Å². The van der Waals surface area contributed by atoms with Crippen LogP contribution in [0.5, 0.6) is 0 Å². The maximum absolute atomic E-state index is 3.76. The van der Waals surface area contributed by atoms with Crippen LogP contribution in [0.2, 0.25) is 0 Å². The number of hydrogen-bond acceptors (Lipinski definition) is 2. The van der Waals surface area contributed by atoms with E-state index in [0.29, 0.717) is 12.0 Å². The van der Waals surface area contributed by atoms with Gasteiger partial charge in [-0.05, 0) is 42.7 Å². The highest BCUT2D eigenvalue weighted by Crippen LogP contribution is 2.29. The largest absolute Gasteiger partial charge is 0.309 e. The third-order valence-electron chi connectivity index (χ3n) is 4.14. The molecule has 1 heterocycles.